The number of fused-ring (bicyclic) bond motifs is 1. The van der Waals surface area contributed by atoms with Crippen molar-refractivity contribution < 1.29 is 0 Å². The Kier molecular flexibility index (Phi) is 3.73. The molecular weight excluding hydrogens is 276 g/mol. The van der Waals surface area contributed by atoms with E-state index in [0.717, 1.165) is 0 Å². The molecule has 0 aliphatic heterocycles. The van der Waals surface area contributed by atoms with Gasteiger partial charge >= 0.3 is 0 Å². The SMILES string of the molecule is Cc1ccc(C)c(C(Cl)c2ccc(C)c3ccccc23)c1. The molecule has 3 aromatic carbocycles. The van der Waals surface area contributed by atoms with Gasteiger partial charge in [-0.25, -0.2) is 0 Å². The lowest BCUT2D eigenvalue weighted by Crippen LogP contribution is -1.98. The fourth-order valence-corrected chi connectivity index (χ4v) is 3.32. The topological polar surface area (TPSA) is 0 Å². The number of rotatable bonds is 2. The molecule has 0 fully saturated rings. The van der Waals surface area contributed by atoms with Crippen LogP contribution in [0.25, 0.3) is 10.8 Å². The van der Waals surface area contributed by atoms with Gasteiger partial charge in [0.15, 0.2) is 0 Å². The molecule has 0 bridgehead atoms. The number of alkyl halides is 1. The van der Waals surface area contributed by atoms with E-state index in [1.54, 1.807) is 0 Å². The number of hydrogen-bond acceptors (Lipinski definition) is 0. The normalized spacial score (nSPS) is 12.6. The van der Waals surface area contributed by atoms with E-state index in [-0.39, 0.29) is 5.38 Å². The quantitative estimate of drug-likeness (QED) is 0.501. The van der Waals surface area contributed by atoms with Gasteiger partial charge < -0.3 is 0 Å². The molecule has 3 aromatic rings. The number of aryl methyl sites for hydroxylation is 3. The van der Waals surface area contributed by atoms with Crippen LogP contribution in [0, 0.1) is 20.8 Å². The van der Waals surface area contributed by atoms with Crippen LogP contribution in [-0.4, -0.2) is 0 Å². The molecule has 0 N–H and O–H groups in total. The lowest BCUT2D eigenvalue weighted by atomic mass is 9.93. The molecule has 0 saturated heterocycles. The Hall–Kier alpha value is -1.79. The third-order valence-corrected chi connectivity index (χ3v) is 4.63. The van der Waals surface area contributed by atoms with Gasteiger partial charge in [0, 0.05) is 0 Å². The van der Waals surface area contributed by atoms with Crippen LogP contribution in [0.5, 0.6) is 0 Å². The summed E-state index contributed by atoms with van der Waals surface area (Å²) in [5.41, 5.74) is 6.17. The average molecular weight is 295 g/mol. The Bertz CT molecular complexity index is 802. The summed E-state index contributed by atoms with van der Waals surface area (Å²) in [5, 5.41) is 2.42. The summed E-state index contributed by atoms with van der Waals surface area (Å²) < 4.78 is 0. The van der Waals surface area contributed by atoms with E-state index in [0.29, 0.717) is 0 Å². The van der Waals surface area contributed by atoms with Crippen LogP contribution >= 0.6 is 11.6 Å². The third kappa shape index (κ3) is 2.56. The Morgan fingerprint density at radius 1 is 0.714 bits per heavy atom. The van der Waals surface area contributed by atoms with Crippen molar-refractivity contribution in [1.82, 2.24) is 0 Å². The van der Waals surface area contributed by atoms with Crippen molar-refractivity contribution >= 4 is 22.4 Å². The van der Waals surface area contributed by atoms with Crippen molar-refractivity contribution in [3.05, 3.63) is 82.4 Å². The highest BCUT2D eigenvalue weighted by atomic mass is 35.5. The predicted octanol–water partition coefficient (Wildman–Crippen LogP) is 6.09. The molecule has 0 aliphatic carbocycles. The fraction of sp³-hybridized carbons (Fsp3) is 0.200. The maximum absolute atomic E-state index is 6.84. The first-order chi connectivity index (χ1) is 10.1. The maximum atomic E-state index is 6.84. The van der Waals surface area contributed by atoms with Crippen molar-refractivity contribution in [1.29, 1.82) is 0 Å². The lowest BCUT2D eigenvalue weighted by molar-refractivity contribution is 1.11. The van der Waals surface area contributed by atoms with Gasteiger partial charge in [0.25, 0.3) is 0 Å². The van der Waals surface area contributed by atoms with Crippen LogP contribution in [0.1, 0.15) is 33.2 Å². The predicted molar refractivity (Wildman–Crippen MR) is 92.3 cm³/mol. The van der Waals surface area contributed by atoms with Gasteiger partial charge in [-0.1, -0.05) is 60.2 Å². The minimum absolute atomic E-state index is 0.115. The molecule has 1 atom stereocenters. The zero-order valence-electron chi connectivity index (χ0n) is 12.7. The van der Waals surface area contributed by atoms with Gasteiger partial charge in [0.2, 0.25) is 0 Å². The number of hydrogen-bond donors (Lipinski definition) is 0. The van der Waals surface area contributed by atoms with Crippen molar-refractivity contribution in [2.45, 2.75) is 26.1 Å². The highest BCUT2D eigenvalue weighted by Crippen LogP contribution is 2.36. The second kappa shape index (κ2) is 5.54. The zero-order valence-corrected chi connectivity index (χ0v) is 13.4. The molecule has 0 heterocycles. The summed E-state index contributed by atoms with van der Waals surface area (Å²) >= 11 is 6.84. The van der Waals surface area contributed by atoms with Crippen LogP contribution in [0.2, 0.25) is 0 Å². The number of halogens is 1. The second-order valence-electron chi connectivity index (χ2n) is 5.74. The van der Waals surface area contributed by atoms with Gasteiger partial charge in [-0.15, -0.1) is 11.6 Å². The molecule has 0 saturated carbocycles. The molecule has 0 aliphatic rings. The minimum atomic E-state index is -0.115. The van der Waals surface area contributed by atoms with Crippen LogP contribution < -0.4 is 0 Å². The first kappa shape index (κ1) is 14.2. The van der Waals surface area contributed by atoms with Crippen LogP contribution in [0.15, 0.2) is 54.6 Å². The van der Waals surface area contributed by atoms with Crippen LogP contribution in [-0.2, 0) is 0 Å². The lowest BCUT2D eigenvalue weighted by Gasteiger charge is -2.17. The highest BCUT2D eigenvalue weighted by Gasteiger charge is 2.16. The van der Waals surface area contributed by atoms with Crippen molar-refractivity contribution in [2.24, 2.45) is 0 Å². The highest BCUT2D eigenvalue weighted by molar-refractivity contribution is 6.23. The molecule has 1 unspecified atom stereocenters. The van der Waals surface area contributed by atoms with Gasteiger partial charge in [-0.3, -0.25) is 0 Å². The minimum Gasteiger partial charge on any atom is -0.113 e. The van der Waals surface area contributed by atoms with E-state index in [1.807, 2.05) is 0 Å². The smallest absolute Gasteiger partial charge is 0.0844 e. The first-order valence-electron chi connectivity index (χ1n) is 7.27. The molecule has 106 valence electrons. The number of benzene rings is 3. The summed E-state index contributed by atoms with van der Waals surface area (Å²) in [4.78, 5) is 0. The Balaban J connectivity index is 2.20. The van der Waals surface area contributed by atoms with E-state index in [9.17, 15) is 0 Å². The molecule has 1 heteroatoms. The summed E-state index contributed by atoms with van der Waals surface area (Å²) in [6.45, 7) is 6.38. The van der Waals surface area contributed by atoms with E-state index in [1.165, 1.54) is 38.6 Å². The van der Waals surface area contributed by atoms with E-state index >= 15 is 0 Å². The van der Waals surface area contributed by atoms with Gasteiger partial charge in [-0.2, -0.15) is 0 Å². The summed E-state index contributed by atoms with van der Waals surface area (Å²) in [5.74, 6) is 0. The summed E-state index contributed by atoms with van der Waals surface area (Å²) in [6, 6.07) is 19.3. The third-order valence-electron chi connectivity index (χ3n) is 4.16. The van der Waals surface area contributed by atoms with E-state index in [2.05, 4.69) is 75.4 Å². The van der Waals surface area contributed by atoms with E-state index < -0.39 is 0 Å². The Morgan fingerprint density at radius 2 is 1.38 bits per heavy atom. The average Bonchev–Trinajstić information content (AvgIpc) is 2.50. The second-order valence-corrected chi connectivity index (χ2v) is 6.18. The van der Waals surface area contributed by atoms with Crippen molar-refractivity contribution in [3.8, 4) is 0 Å². The molecule has 0 radical (unpaired) electrons. The standard InChI is InChI=1S/C20H19Cl/c1-13-8-9-15(3)19(12-13)20(21)18-11-10-14(2)16-6-4-5-7-17(16)18/h4-12,20H,1-3H3. The van der Waals surface area contributed by atoms with Crippen molar-refractivity contribution in [2.75, 3.05) is 0 Å². The molecule has 0 aromatic heterocycles. The maximum Gasteiger partial charge on any atom is 0.0844 e. The van der Waals surface area contributed by atoms with Gasteiger partial charge in [0.1, 0.15) is 0 Å². The molecule has 0 nitrogen and oxygen atoms in total. The zero-order chi connectivity index (χ0) is 15.0. The largest absolute Gasteiger partial charge is 0.113 e. The fourth-order valence-electron chi connectivity index (χ4n) is 2.89. The first-order valence-corrected chi connectivity index (χ1v) is 7.71. The summed E-state index contributed by atoms with van der Waals surface area (Å²) in [7, 11) is 0. The molecule has 0 spiro atoms. The van der Waals surface area contributed by atoms with Crippen LogP contribution in [0.4, 0.5) is 0 Å². The molecule has 21 heavy (non-hydrogen) atoms. The molecular formula is C20H19Cl. The Morgan fingerprint density at radius 3 is 2.14 bits per heavy atom. The van der Waals surface area contributed by atoms with E-state index in [4.69, 9.17) is 11.6 Å². The monoisotopic (exact) mass is 294 g/mol. The van der Waals surface area contributed by atoms with Crippen molar-refractivity contribution in [3.63, 3.8) is 0 Å². The van der Waals surface area contributed by atoms with Gasteiger partial charge in [-0.05, 0) is 53.8 Å². The van der Waals surface area contributed by atoms with Crippen LogP contribution in [0.3, 0.4) is 0 Å². The van der Waals surface area contributed by atoms with Gasteiger partial charge in [0.05, 0.1) is 5.38 Å². The molecule has 3 rings (SSSR count). The Labute approximate surface area is 131 Å². The summed E-state index contributed by atoms with van der Waals surface area (Å²) in [6.07, 6.45) is 0. The molecule has 0 amide bonds.